The molecule has 0 saturated carbocycles. The summed E-state index contributed by atoms with van der Waals surface area (Å²) in [6.07, 6.45) is 4.62. The van der Waals surface area contributed by atoms with Gasteiger partial charge >= 0.3 is 5.69 Å². The second kappa shape index (κ2) is 7.62. The molecule has 4 aromatic rings. The second-order valence-electron chi connectivity index (χ2n) is 7.50. The molecule has 0 N–H and O–H groups in total. The number of para-hydroxylation sites is 1. The van der Waals surface area contributed by atoms with Crippen molar-refractivity contribution in [1.82, 2.24) is 18.7 Å². The summed E-state index contributed by atoms with van der Waals surface area (Å²) in [5.74, 6) is 0.935. The molecule has 2 aromatic carbocycles. The Labute approximate surface area is 170 Å². The molecule has 0 unspecified atom stereocenters. The first-order chi connectivity index (χ1) is 14.0. The predicted molar refractivity (Wildman–Crippen MR) is 115 cm³/mol. The summed E-state index contributed by atoms with van der Waals surface area (Å²) < 4.78 is 11.4. The minimum absolute atomic E-state index is 0.0154. The smallest absolute Gasteiger partial charge is 0.328 e. The summed E-state index contributed by atoms with van der Waals surface area (Å²) in [7, 11) is 3.62. The van der Waals surface area contributed by atoms with Crippen molar-refractivity contribution < 1.29 is 4.74 Å². The minimum atomic E-state index is -0.0154. The second-order valence-corrected chi connectivity index (χ2v) is 7.50. The van der Waals surface area contributed by atoms with Crippen LogP contribution in [0.5, 0.6) is 5.75 Å². The van der Waals surface area contributed by atoms with Crippen LogP contribution < -0.4 is 10.4 Å². The van der Waals surface area contributed by atoms with Crippen molar-refractivity contribution in [2.24, 2.45) is 14.1 Å². The molecule has 29 heavy (non-hydrogen) atoms. The highest BCUT2D eigenvalue weighted by Crippen LogP contribution is 2.28. The summed E-state index contributed by atoms with van der Waals surface area (Å²) in [4.78, 5) is 16.6. The quantitative estimate of drug-likeness (QED) is 0.470. The van der Waals surface area contributed by atoms with E-state index in [4.69, 9.17) is 4.74 Å². The normalized spacial score (nSPS) is 11.3. The Morgan fingerprint density at radius 3 is 2.48 bits per heavy atom. The molecule has 0 spiro atoms. The Balaban J connectivity index is 1.55. The number of imidazole rings is 2. The molecule has 0 aliphatic heterocycles. The van der Waals surface area contributed by atoms with E-state index in [0.29, 0.717) is 6.61 Å². The third kappa shape index (κ3) is 3.46. The van der Waals surface area contributed by atoms with Crippen LogP contribution in [-0.2, 0) is 20.6 Å². The zero-order valence-corrected chi connectivity index (χ0v) is 17.3. The molecule has 0 bridgehead atoms. The Morgan fingerprint density at radius 1 is 1.00 bits per heavy atom. The van der Waals surface area contributed by atoms with Gasteiger partial charge in [-0.05, 0) is 49.6 Å². The van der Waals surface area contributed by atoms with E-state index >= 15 is 0 Å². The Bertz CT molecular complexity index is 1230. The average Bonchev–Trinajstić information content (AvgIpc) is 3.25. The van der Waals surface area contributed by atoms with E-state index in [1.807, 2.05) is 44.8 Å². The Hall–Kier alpha value is -3.28. The average molecular weight is 390 g/mol. The summed E-state index contributed by atoms with van der Waals surface area (Å²) in [5.41, 5.74) is 6.26. The van der Waals surface area contributed by atoms with Crippen molar-refractivity contribution in [3.8, 4) is 17.0 Å². The summed E-state index contributed by atoms with van der Waals surface area (Å²) in [6, 6.07) is 12.2. The van der Waals surface area contributed by atoms with Gasteiger partial charge in [-0.15, -0.1) is 0 Å². The lowest BCUT2D eigenvalue weighted by Crippen LogP contribution is -2.19. The molecule has 2 heterocycles. The number of ether oxygens (including phenoxy) is 1. The molecule has 0 aliphatic rings. The van der Waals surface area contributed by atoms with Crippen LogP contribution in [-0.4, -0.2) is 25.3 Å². The van der Waals surface area contributed by atoms with Crippen molar-refractivity contribution >= 4 is 11.0 Å². The number of aryl methyl sites for hydroxylation is 5. The molecular formula is C23H26N4O2. The monoisotopic (exact) mass is 390 g/mol. The van der Waals surface area contributed by atoms with Gasteiger partial charge in [-0.2, -0.15) is 0 Å². The number of hydrogen-bond acceptors (Lipinski definition) is 3. The fraction of sp³-hybridized carbons (Fsp3) is 0.304. The van der Waals surface area contributed by atoms with Gasteiger partial charge in [-0.25, -0.2) is 9.78 Å². The van der Waals surface area contributed by atoms with Gasteiger partial charge in [0.1, 0.15) is 5.75 Å². The summed E-state index contributed by atoms with van der Waals surface area (Å²) >= 11 is 0. The van der Waals surface area contributed by atoms with Crippen molar-refractivity contribution in [3.05, 3.63) is 70.5 Å². The predicted octanol–water partition coefficient (Wildman–Crippen LogP) is 3.83. The fourth-order valence-electron chi connectivity index (χ4n) is 3.78. The molecule has 0 radical (unpaired) electrons. The standard InChI is InChI=1S/C23H26N4O2/c1-16-8-5-6-9-22(16)29-11-7-10-27-15-24-14-21(27)18-13-20-19(12-17(18)2)25(3)23(28)26(20)4/h5-6,8-9,12-15H,7,10-11H2,1-4H3. The van der Waals surface area contributed by atoms with Gasteiger partial charge < -0.3 is 9.30 Å². The van der Waals surface area contributed by atoms with E-state index in [0.717, 1.165) is 52.1 Å². The van der Waals surface area contributed by atoms with Gasteiger partial charge in [-0.1, -0.05) is 18.2 Å². The number of fused-ring (bicyclic) bond motifs is 1. The van der Waals surface area contributed by atoms with Crippen LogP contribution in [0.1, 0.15) is 17.5 Å². The van der Waals surface area contributed by atoms with Crippen LogP contribution in [0.2, 0.25) is 0 Å². The van der Waals surface area contributed by atoms with Gasteiger partial charge in [0.15, 0.2) is 0 Å². The van der Waals surface area contributed by atoms with Crippen molar-refractivity contribution in [2.45, 2.75) is 26.8 Å². The maximum absolute atomic E-state index is 12.3. The number of nitrogens with zero attached hydrogens (tertiary/aromatic N) is 4. The molecule has 6 nitrogen and oxygen atoms in total. The molecule has 0 amide bonds. The number of benzene rings is 2. The van der Waals surface area contributed by atoms with Crippen LogP contribution in [0.25, 0.3) is 22.3 Å². The third-order valence-electron chi connectivity index (χ3n) is 5.50. The first-order valence-corrected chi connectivity index (χ1v) is 9.82. The molecule has 6 heteroatoms. The number of rotatable bonds is 6. The van der Waals surface area contributed by atoms with Crippen LogP contribution in [0.3, 0.4) is 0 Å². The first-order valence-electron chi connectivity index (χ1n) is 9.82. The van der Waals surface area contributed by atoms with Gasteiger partial charge in [-0.3, -0.25) is 9.13 Å². The van der Waals surface area contributed by atoms with Crippen molar-refractivity contribution in [3.63, 3.8) is 0 Å². The van der Waals surface area contributed by atoms with E-state index in [2.05, 4.69) is 41.6 Å². The van der Waals surface area contributed by atoms with Crippen LogP contribution in [0.4, 0.5) is 0 Å². The number of aromatic nitrogens is 4. The highest BCUT2D eigenvalue weighted by molar-refractivity contribution is 5.84. The number of hydrogen-bond donors (Lipinski definition) is 0. The Kier molecular flexibility index (Phi) is 5.01. The molecule has 0 atom stereocenters. The minimum Gasteiger partial charge on any atom is -0.493 e. The molecule has 4 rings (SSSR count). The molecule has 2 aromatic heterocycles. The van der Waals surface area contributed by atoms with E-state index in [1.165, 1.54) is 0 Å². The molecule has 0 saturated heterocycles. The fourth-order valence-corrected chi connectivity index (χ4v) is 3.78. The van der Waals surface area contributed by atoms with Gasteiger partial charge in [0, 0.05) is 26.2 Å². The van der Waals surface area contributed by atoms with Crippen molar-refractivity contribution in [1.29, 1.82) is 0 Å². The van der Waals surface area contributed by atoms with Gasteiger partial charge in [0.25, 0.3) is 0 Å². The topological polar surface area (TPSA) is 54.0 Å². The van der Waals surface area contributed by atoms with Gasteiger partial charge in [0.2, 0.25) is 0 Å². The van der Waals surface area contributed by atoms with E-state index < -0.39 is 0 Å². The summed E-state index contributed by atoms with van der Waals surface area (Å²) in [6.45, 7) is 5.59. The lowest BCUT2D eigenvalue weighted by atomic mass is 10.0. The SMILES string of the molecule is Cc1ccccc1OCCCn1cncc1-c1cc2c(cc1C)n(C)c(=O)n2C. The van der Waals surface area contributed by atoms with Crippen LogP contribution in [0.15, 0.2) is 53.7 Å². The molecule has 0 fully saturated rings. The lowest BCUT2D eigenvalue weighted by molar-refractivity contribution is 0.300. The van der Waals surface area contributed by atoms with E-state index in [-0.39, 0.29) is 5.69 Å². The van der Waals surface area contributed by atoms with Gasteiger partial charge in [0.05, 0.1) is 35.9 Å². The van der Waals surface area contributed by atoms with E-state index in [1.54, 1.807) is 9.13 Å². The third-order valence-corrected chi connectivity index (χ3v) is 5.50. The molecule has 0 aliphatic carbocycles. The van der Waals surface area contributed by atoms with Crippen LogP contribution >= 0.6 is 0 Å². The summed E-state index contributed by atoms with van der Waals surface area (Å²) in [5, 5.41) is 0. The highest BCUT2D eigenvalue weighted by atomic mass is 16.5. The van der Waals surface area contributed by atoms with Crippen molar-refractivity contribution in [2.75, 3.05) is 6.61 Å². The molecular weight excluding hydrogens is 364 g/mol. The first kappa shape index (κ1) is 19.1. The zero-order chi connectivity index (χ0) is 20.5. The van der Waals surface area contributed by atoms with E-state index in [9.17, 15) is 4.79 Å². The maximum Gasteiger partial charge on any atom is 0.328 e. The maximum atomic E-state index is 12.3. The Morgan fingerprint density at radius 2 is 1.72 bits per heavy atom. The largest absolute Gasteiger partial charge is 0.493 e. The lowest BCUT2D eigenvalue weighted by Gasteiger charge is -2.12. The zero-order valence-electron chi connectivity index (χ0n) is 17.3. The highest BCUT2D eigenvalue weighted by Gasteiger charge is 2.14. The molecule has 150 valence electrons. The van der Waals surface area contributed by atoms with Crippen LogP contribution in [0, 0.1) is 13.8 Å².